The summed E-state index contributed by atoms with van der Waals surface area (Å²) in [5.41, 5.74) is 12.1. The molecule has 2 rings (SSSR count). The van der Waals surface area contributed by atoms with Crippen LogP contribution in [0.2, 0.25) is 0 Å². The second-order valence-electron chi connectivity index (χ2n) is 9.47. The number of amides is 4. The number of nitrogens with one attached hydrogen (secondary N) is 3. The predicted octanol–water partition coefficient (Wildman–Crippen LogP) is -1.51. The maximum atomic E-state index is 13.0. The second kappa shape index (κ2) is 15.6. The van der Waals surface area contributed by atoms with E-state index in [1.54, 1.807) is 0 Å². The highest BCUT2D eigenvalue weighted by atomic mass is 16.4. The van der Waals surface area contributed by atoms with E-state index in [0.29, 0.717) is 11.1 Å². The highest BCUT2D eigenvalue weighted by Gasteiger charge is 2.31. The van der Waals surface area contributed by atoms with Crippen LogP contribution in [-0.4, -0.2) is 80.2 Å². The van der Waals surface area contributed by atoms with Crippen LogP contribution < -0.4 is 27.4 Å². The number of primary amides is 1. The molecular formula is C27H33N5O10. The van der Waals surface area contributed by atoms with Crippen molar-refractivity contribution in [2.24, 2.45) is 11.5 Å². The van der Waals surface area contributed by atoms with E-state index in [9.17, 15) is 49.2 Å². The number of aliphatic carboxylic acids is 2. The Morgan fingerprint density at radius 2 is 1.12 bits per heavy atom. The molecule has 0 aliphatic rings. The zero-order valence-electron chi connectivity index (χ0n) is 22.4. The Balaban J connectivity index is 2.16. The van der Waals surface area contributed by atoms with E-state index in [4.69, 9.17) is 11.5 Å². The van der Waals surface area contributed by atoms with Crippen LogP contribution in [0, 0.1) is 0 Å². The quantitative estimate of drug-likeness (QED) is 0.109. The summed E-state index contributed by atoms with van der Waals surface area (Å²) < 4.78 is 0. The normalized spacial score (nSPS) is 13.5. The summed E-state index contributed by atoms with van der Waals surface area (Å²) in [6.45, 7) is 0. The number of hydrogen-bond acceptors (Lipinski definition) is 9. The lowest BCUT2D eigenvalue weighted by Crippen LogP contribution is -2.58. The van der Waals surface area contributed by atoms with E-state index in [1.165, 1.54) is 48.5 Å². The highest BCUT2D eigenvalue weighted by molar-refractivity contribution is 5.96. The van der Waals surface area contributed by atoms with Gasteiger partial charge in [0, 0.05) is 12.8 Å². The molecule has 0 bridgehead atoms. The largest absolute Gasteiger partial charge is 0.508 e. The maximum Gasteiger partial charge on any atom is 0.326 e. The molecule has 4 amide bonds. The van der Waals surface area contributed by atoms with Gasteiger partial charge in [-0.25, -0.2) is 4.79 Å². The number of benzene rings is 2. The lowest BCUT2D eigenvalue weighted by molar-refractivity contribution is -0.143. The summed E-state index contributed by atoms with van der Waals surface area (Å²) in [5, 5.41) is 44.5. The average Bonchev–Trinajstić information content (AvgIpc) is 2.91. The molecule has 0 heterocycles. The van der Waals surface area contributed by atoms with Gasteiger partial charge in [0.15, 0.2) is 0 Å². The highest BCUT2D eigenvalue weighted by Crippen LogP contribution is 2.13. The second-order valence-corrected chi connectivity index (χ2v) is 9.47. The third-order valence-electron chi connectivity index (χ3n) is 6.04. The van der Waals surface area contributed by atoms with Crippen LogP contribution in [0.25, 0.3) is 0 Å². The molecule has 0 radical (unpaired) electrons. The first-order chi connectivity index (χ1) is 19.7. The van der Waals surface area contributed by atoms with E-state index in [0.717, 1.165) is 0 Å². The van der Waals surface area contributed by atoms with Gasteiger partial charge in [0.25, 0.3) is 0 Å². The Morgan fingerprint density at radius 3 is 1.60 bits per heavy atom. The van der Waals surface area contributed by atoms with Gasteiger partial charge in [0.1, 0.15) is 29.6 Å². The number of phenols is 2. The fourth-order valence-electron chi connectivity index (χ4n) is 3.81. The number of nitrogens with two attached hydrogens (primary N) is 2. The molecule has 0 aliphatic heterocycles. The number of aromatic hydroxyl groups is 2. The average molecular weight is 588 g/mol. The van der Waals surface area contributed by atoms with Gasteiger partial charge in [-0.15, -0.1) is 0 Å². The third-order valence-corrected chi connectivity index (χ3v) is 6.04. The van der Waals surface area contributed by atoms with Crippen molar-refractivity contribution >= 4 is 35.6 Å². The predicted molar refractivity (Wildman–Crippen MR) is 146 cm³/mol. The molecule has 2 aromatic rings. The molecule has 42 heavy (non-hydrogen) atoms. The fraction of sp³-hybridized carbons (Fsp3) is 0.333. The van der Waals surface area contributed by atoms with Crippen molar-refractivity contribution in [1.82, 2.24) is 16.0 Å². The number of phenolic OH excluding ortho intramolecular Hbond substituents is 2. The minimum absolute atomic E-state index is 0.0000724. The number of hydrogen-bond donors (Lipinski definition) is 9. The van der Waals surface area contributed by atoms with Gasteiger partial charge in [-0.05, 0) is 48.2 Å². The Morgan fingerprint density at radius 1 is 0.667 bits per heavy atom. The van der Waals surface area contributed by atoms with Crippen molar-refractivity contribution in [1.29, 1.82) is 0 Å². The van der Waals surface area contributed by atoms with Gasteiger partial charge >= 0.3 is 11.9 Å². The summed E-state index contributed by atoms with van der Waals surface area (Å²) in [7, 11) is 0. The summed E-state index contributed by atoms with van der Waals surface area (Å²) in [5.74, 6) is -6.71. The van der Waals surface area contributed by atoms with Crippen LogP contribution in [0.3, 0.4) is 0 Å². The van der Waals surface area contributed by atoms with Crippen LogP contribution in [0.5, 0.6) is 11.5 Å². The van der Waals surface area contributed by atoms with Gasteiger partial charge in [-0.3, -0.25) is 24.0 Å². The number of rotatable bonds is 16. The molecule has 0 aliphatic carbocycles. The van der Waals surface area contributed by atoms with Crippen molar-refractivity contribution in [3.8, 4) is 11.5 Å². The van der Waals surface area contributed by atoms with E-state index >= 15 is 0 Å². The van der Waals surface area contributed by atoms with Crippen LogP contribution in [-0.2, 0) is 41.6 Å². The minimum Gasteiger partial charge on any atom is -0.508 e. The van der Waals surface area contributed by atoms with E-state index in [-0.39, 0.29) is 37.2 Å². The van der Waals surface area contributed by atoms with Crippen molar-refractivity contribution in [3.05, 3.63) is 59.7 Å². The van der Waals surface area contributed by atoms with E-state index in [1.807, 2.05) is 0 Å². The Kier molecular flexibility index (Phi) is 12.2. The van der Waals surface area contributed by atoms with E-state index < -0.39 is 66.2 Å². The number of carboxylic acids is 2. The van der Waals surface area contributed by atoms with Gasteiger partial charge in [0.05, 0.1) is 12.5 Å². The topological polar surface area (TPSA) is 271 Å². The number of carbonyl (C=O) groups is 6. The molecule has 4 unspecified atom stereocenters. The van der Waals surface area contributed by atoms with Crippen LogP contribution in [0.1, 0.15) is 30.4 Å². The van der Waals surface area contributed by atoms with Gasteiger partial charge in [0.2, 0.25) is 23.6 Å². The molecule has 226 valence electrons. The third kappa shape index (κ3) is 11.1. The van der Waals surface area contributed by atoms with Gasteiger partial charge in [-0.2, -0.15) is 0 Å². The van der Waals surface area contributed by atoms with Crippen LogP contribution in [0.15, 0.2) is 48.5 Å². The van der Waals surface area contributed by atoms with Gasteiger partial charge < -0.3 is 47.8 Å². The summed E-state index contributed by atoms with van der Waals surface area (Å²) >= 11 is 0. The lowest BCUT2D eigenvalue weighted by Gasteiger charge is -2.24. The van der Waals surface area contributed by atoms with Crippen molar-refractivity contribution in [3.63, 3.8) is 0 Å². The van der Waals surface area contributed by atoms with Crippen molar-refractivity contribution in [2.75, 3.05) is 0 Å². The Bertz CT molecular complexity index is 1280. The Labute approximate surface area is 239 Å². The molecule has 0 fully saturated rings. The molecule has 11 N–H and O–H groups in total. The lowest BCUT2D eigenvalue weighted by atomic mass is 10.0. The molecule has 2 aromatic carbocycles. The van der Waals surface area contributed by atoms with Crippen LogP contribution in [0.4, 0.5) is 0 Å². The van der Waals surface area contributed by atoms with Gasteiger partial charge in [-0.1, -0.05) is 24.3 Å². The molecule has 15 heteroatoms. The first-order valence-corrected chi connectivity index (χ1v) is 12.7. The number of carbonyl (C=O) groups excluding carboxylic acids is 4. The monoisotopic (exact) mass is 587 g/mol. The van der Waals surface area contributed by atoms with Crippen molar-refractivity contribution in [2.45, 2.75) is 56.3 Å². The molecule has 0 saturated carbocycles. The SMILES string of the molecule is NC(=O)CCC(NC(=O)C(CC(=O)O)NC(=O)C(N)Cc1ccc(O)cc1)C(=O)NC(Cc1ccc(O)cc1)C(=O)O. The fourth-order valence-corrected chi connectivity index (χ4v) is 3.81. The molecule has 15 nitrogen and oxygen atoms in total. The zero-order chi connectivity index (χ0) is 31.4. The maximum absolute atomic E-state index is 13.0. The standard InChI is InChI=1S/C27H33N5O10/c28-18(11-14-1-5-16(33)6-2-14)24(38)31-20(13-23(36)37)26(40)30-19(9-10-22(29)35)25(39)32-21(27(41)42)12-15-3-7-17(34)8-4-15/h1-8,18-21,33-34H,9-13,28H2,(H2,29,35)(H,30,40)(H,31,38)(H,32,39)(H,36,37)(H,41,42). The molecular weight excluding hydrogens is 554 g/mol. The Hall–Kier alpha value is -5.18. The molecule has 0 aromatic heterocycles. The minimum atomic E-state index is -1.68. The first-order valence-electron chi connectivity index (χ1n) is 12.7. The number of carboxylic acid groups (broad SMARTS) is 2. The van der Waals surface area contributed by atoms with Crippen LogP contribution >= 0.6 is 0 Å². The summed E-state index contributed by atoms with van der Waals surface area (Å²) in [6, 6.07) is 5.52. The first kappa shape index (κ1) is 33.0. The summed E-state index contributed by atoms with van der Waals surface area (Å²) in [4.78, 5) is 73.4. The van der Waals surface area contributed by atoms with E-state index in [2.05, 4.69) is 16.0 Å². The molecule has 4 atom stereocenters. The molecule has 0 spiro atoms. The summed E-state index contributed by atoms with van der Waals surface area (Å²) in [6.07, 6.45) is -1.82. The zero-order valence-corrected chi connectivity index (χ0v) is 22.4. The smallest absolute Gasteiger partial charge is 0.326 e. The molecule has 0 saturated heterocycles. The van der Waals surface area contributed by atoms with Crippen molar-refractivity contribution < 1.29 is 49.2 Å².